The quantitative estimate of drug-likeness (QED) is 0.395. The van der Waals surface area contributed by atoms with E-state index in [2.05, 4.69) is 0 Å². The van der Waals surface area contributed by atoms with E-state index < -0.39 is 17.0 Å². The van der Waals surface area contributed by atoms with Crippen molar-refractivity contribution in [2.45, 2.75) is 0 Å². The first kappa shape index (κ1) is 15.6. The van der Waals surface area contributed by atoms with Crippen LogP contribution in [0.3, 0.4) is 0 Å². The fraction of sp³-hybridized carbons (Fsp3) is 1.00. The minimum atomic E-state index is -2.27. The Hall–Kier alpha value is 0.653. The van der Waals surface area contributed by atoms with Gasteiger partial charge in [0.2, 0.25) is 0 Å². The van der Waals surface area contributed by atoms with Gasteiger partial charge in [-0.3, -0.25) is 4.21 Å². The molecule has 40 valence electrons. The molecule has 1 atom stereocenters. The molecule has 0 bridgehead atoms. The number of aliphatic hydroxyl groups excluding tert-OH is 1. The molecule has 0 saturated carbocycles. The summed E-state index contributed by atoms with van der Waals surface area (Å²) in [5, 5.41) is 7.53. The van der Waals surface area contributed by atoms with Crippen LogP contribution in [0.4, 0.5) is 0 Å². The summed E-state index contributed by atoms with van der Waals surface area (Å²) in [6.45, 7) is 0. The van der Waals surface area contributed by atoms with Crippen LogP contribution in [0, 0.1) is 0 Å². The maximum Gasteiger partial charge on any atom is 2.00 e. The summed E-state index contributed by atoms with van der Waals surface area (Å²) in [6, 6.07) is 0. The average molecular weight is 177 g/mol. The number of hydrogen-bond donors (Lipinski definition) is 1. The van der Waals surface area contributed by atoms with Crippen LogP contribution in [0.25, 0.3) is 0 Å². The minimum absolute atomic E-state index is 0. The first-order valence-electron chi connectivity index (χ1n) is 0.938. The van der Waals surface area contributed by atoms with Crippen molar-refractivity contribution in [3.63, 3.8) is 0 Å². The summed E-state index contributed by atoms with van der Waals surface area (Å²) in [7, 11) is 0. The Kier molecular flexibility index (Phi) is 21.9. The van der Waals surface area contributed by atoms with Gasteiger partial charge < -0.3 is 15.1 Å². The summed E-state index contributed by atoms with van der Waals surface area (Å²) in [6.07, 6.45) is 0. The van der Waals surface area contributed by atoms with Crippen molar-refractivity contribution in [2.24, 2.45) is 0 Å². The average Bonchev–Trinajstić information content (AvgIpc) is 1.38. The summed E-state index contributed by atoms with van der Waals surface area (Å²) >= 11 is -2.27. The van der Waals surface area contributed by atoms with Gasteiger partial charge in [-0.2, -0.15) is 0 Å². The van der Waals surface area contributed by atoms with Crippen molar-refractivity contribution < 1.29 is 38.8 Å². The number of hydrogen-bond acceptors (Lipinski definition) is 4. The molecule has 0 aromatic rings. The third-order valence-electron chi connectivity index (χ3n) is 0.105. The van der Waals surface area contributed by atoms with E-state index in [0.717, 1.165) is 0 Å². The van der Waals surface area contributed by atoms with Crippen molar-refractivity contribution >= 4 is 11.1 Å². The molecular weight excluding hydrogens is 173 g/mol. The van der Waals surface area contributed by atoms with Crippen molar-refractivity contribution in [2.75, 3.05) is 5.94 Å². The SMILES string of the molecule is O=S([O-])CO.[OH-].[Zn+2]. The van der Waals surface area contributed by atoms with Crippen LogP contribution < -0.4 is 0 Å². The molecule has 0 spiro atoms. The zero-order valence-electron chi connectivity index (χ0n) is 3.53. The molecule has 0 amide bonds. The van der Waals surface area contributed by atoms with Gasteiger partial charge in [0.05, 0.1) is 0 Å². The molecule has 2 N–H and O–H groups in total. The van der Waals surface area contributed by atoms with E-state index in [1.807, 2.05) is 0 Å². The van der Waals surface area contributed by atoms with Crippen LogP contribution in [0.15, 0.2) is 0 Å². The van der Waals surface area contributed by atoms with Gasteiger partial charge in [0.1, 0.15) is 5.94 Å². The largest absolute Gasteiger partial charge is 2.00 e. The molecule has 0 aliphatic heterocycles. The molecule has 0 radical (unpaired) electrons. The molecule has 7 heavy (non-hydrogen) atoms. The van der Waals surface area contributed by atoms with Crippen molar-refractivity contribution in [3.05, 3.63) is 0 Å². The Morgan fingerprint density at radius 1 is 1.71 bits per heavy atom. The maximum atomic E-state index is 9.12. The summed E-state index contributed by atoms with van der Waals surface area (Å²) in [5.74, 6) is -0.778. The molecule has 0 heterocycles. The smallest absolute Gasteiger partial charge is 0.870 e. The molecule has 0 aromatic carbocycles. The first-order chi connectivity index (χ1) is 2.27. The van der Waals surface area contributed by atoms with Crippen LogP contribution >= 0.6 is 0 Å². The second-order valence-electron chi connectivity index (χ2n) is 0.433. The van der Waals surface area contributed by atoms with E-state index in [1.165, 1.54) is 0 Å². The summed E-state index contributed by atoms with van der Waals surface area (Å²) in [4.78, 5) is 0. The van der Waals surface area contributed by atoms with E-state index >= 15 is 0 Å². The van der Waals surface area contributed by atoms with Crippen LogP contribution in [0.2, 0.25) is 0 Å². The van der Waals surface area contributed by atoms with Gasteiger partial charge in [-0.05, 0) is 11.1 Å². The molecule has 0 aliphatic carbocycles. The molecule has 0 fully saturated rings. The van der Waals surface area contributed by atoms with E-state index in [0.29, 0.717) is 0 Å². The van der Waals surface area contributed by atoms with Crippen molar-refractivity contribution in [1.29, 1.82) is 0 Å². The molecular formula is CH4O4SZn. The molecule has 0 rings (SSSR count). The third kappa shape index (κ3) is 20.5. The number of rotatable bonds is 1. The predicted octanol–water partition coefficient (Wildman–Crippen LogP) is -1.36. The van der Waals surface area contributed by atoms with Crippen LogP contribution in [0.1, 0.15) is 0 Å². The normalized spacial score (nSPS) is 10.6. The summed E-state index contributed by atoms with van der Waals surface area (Å²) in [5.41, 5.74) is 0. The zero-order valence-corrected chi connectivity index (χ0v) is 7.32. The van der Waals surface area contributed by atoms with E-state index in [-0.39, 0.29) is 25.0 Å². The van der Waals surface area contributed by atoms with Crippen LogP contribution in [-0.2, 0) is 30.6 Å². The van der Waals surface area contributed by atoms with Crippen LogP contribution in [-0.4, -0.2) is 25.3 Å². The van der Waals surface area contributed by atoms with E-state index in [4.69, 9.17) is 13.9 Å². The minimum Gasteiger partial charge on any atom is -0.870 e. The van der Waals surface area contributed by atoms with E-state index in [9.17, 15) is 0 Å². The second kappa shape index (κ2) is 9.82. The van der Waals surface area contributed by atoms with Crippen molar-refractivity contribution in [3.8, 4) is 0 Å². The fourth-order valence-corrected chi connectivity index (χ4v) is 0. The van der Waals surface area contributed by atoms with Gasteiger partial charge >= 0.3 is 19.5 Å². The maximum absolute atomic E-state index is 9.12. The first-order valence-corrected chi connectivity index (χ1v) is 2.18. The Morgan fingerprint density at radius 2 is 1.86 bits per heavy atom. The molecule has 4 nitrogen and oxygen atoms in total. The standard InChI is InChI=1S/CH4O3S.H2O.Zn/c2-1-5(3)4;;/h2H,1H2,(H,3,4);1H2;/q;;+2/p-2. The number of aliphatic hydroxyl groups is 1. The van der Waals surface area contributed by atoms with Gasteiger partial charge in [0.15, 0.2) is 0 Å². The van der Waals surface area contributed by atoms with Crippen molar-refractivity contribution in [1.82, 2.24) is 0 Å². The topological polar surface area (TPSA) is 90.4 Å². The van der Waals surface area contributed by atoms with Crippen LogP contribution in [0.5, 0.6) is 0 Å². The molecule has 0 aromatic heterocycles. The molecule has 0 saturated heterocycles. The van der Waals surface area contributed by atoms with Gasteiger partial charge in [-0.25, -0.2) is 0 Å². The Balaban J connectivity index is -0.0000000800. The van der Waals surface area contributed by atoms with Gasteiger partial charge in [-0.1, -0.05) is 0 Å². The Morgan fingerprint density at radius 3 is 1.86 bits per heavy atom. The zero-order chi connectivity index (χ0) is 4.28. The fourth-order valence-electron chi connectivity index (χ4n) is 0. The molecule has 6 heteroatoms. The van der Waals surface area contributed by atoms with Gasteiger partial charge in [-0.15, -0.1) is 0 Å². The molecule has 0 aliphatic rings. The summed E-state index contributed by atoms with van der Waals surface area (Å²) < 4.78 is 18.2. The van der Waals surface area contributed by atoms with Gasteiger partial charge in [0.25, 0.3) is 0 Å². The third-order valence-corrected chi connectivity index (χ3v) is 0.316. The Bertz CT molecular complexity index is 47.0. The monoisotopic (exact) mass is 176 g/mol. The second-order valence-corrected chi connectivity index (χ2v) is 1.30. The predicted molar refractivity (Wildman–Crippen MR) is 17.9 cm³/mol. The Labute approximate surface area is 56.3 Å². The molecule has 1 unspecified atom stereocenters. The van der Waals surface area contributed by atoms with Gasteiger partial charge in [0, 0.05) is 0 Å². The van der Waals surface area contributed by atoms with E-state index in [1.54, 1.807) is 0 Å².